The number of fused-ring (bicyclic) bond motifs is 4. The number of rotatable bonds is 3. The van der Waals surface area contributed by atoms with Gasteiger partial charge in [-0.25, -0.2) is 9.78 Å². The topological polar surface area (TPSA) is 79.8 Å². The van der Waals surface area contributed by atoms with Gasteiger partial charge in [0.2, 0.25) is 11.6 Å². The van der Waals surface area contributed by atoms with Crippen molar-refractivity contribution >= 4 is 45.0 Å². The Kier molecular flexibility index (Phi) is 3.92. The summed E-state index contributed by atoms with van der Waals surface area (Å²) in [5.41, 5.74) is 0.243. The summed E-state index contributed by atoms with van der Waals surface area (Å²) in [6, 6.07) is 14.5. The van der Waals surface area contributed by atoms with Crippen LogP contribution in [0.3, 0.4) is 0 Å². The molecule has 29 heavy (non-hydrogen) atoms. The molecule has 5 rings (SSSR count). The maximum atomic E-state index is 13.3. The van der Waals surface area contributed by atoms with Crippen LogP contribution in [0.25, 0.3) is 10.2 Å². The molecule has 7 nitrogen and oxygen atoms in total. The van der Waals surface area contributed by atoms with Gasteiger partial charge in [-0.05, 0) is 24.3 Å². The van der Waals surface area contributed by atoms with Gasteiger partial charge in [-0.3, -0.25) is 14.5 Å². The van der Waals surface area contributed by atoms with Crippen LogP contribution in [0, 0.1) is 0 Å². The third-order valence-corrected chi connectivity index (χ3v) is 6.54. The molecule has 0 saturated carbocycles. The van der Waals surface area contributed by atoms with E-state index in [0.29, 0.717) is 16.3 Å². The SMILES string of the molecule is CN1C(=O)c2ccccc2N2C(=O)CC[C@@]12C(=O)OCc1nc2ccccc2s1. The van der Waals surface area contributed by atoms with Crippen molar-refractivity contribution in [1.29, 1.82) is 0 Å². The summed E-state index contributed by atoms with van der Waals surface area (Å²) in [6.45, 7) is -0.00830. The predicted molar refractivity (Wildman–Crippen MR) is 107 cm³/mol. The molecule has 1 aromatic heterocycles. The lowest BCUT2D eigenvalue weighted by Crippen LogP contribution is -2.67. The number of benzene rings is 2. The normalized spacial score (nSPS) is 20.7. The number of hydrogen-bond acceptors (Lipinski definition) is 6. The van der Waals surface area contributed by atoms with Gasteiger partial charge in [-0.1, -0.05) is 24.3 Å². The lowest BCUT2D eigenvalue weighted by atomic mass is 9.97. The van der Waals surface area contributed by atoms with Crippen LogP contribution in [-0.2, 0) is 20.9 Å². The summed E-state index contributed by atoms with van der Waals surface area (Å²) < 4.78 is 6.61. The van der Waals surface area contributed by atoms with Crippen LogP contribution in [0.2, 0.25) is 0 Å². The van der Waals surface area contributed by atoms with Crippen LogP contribution < -0.4 is 4.90 Å². The van der Waals surface area contributed by atoms with Gasteiger partial charge in [0, 0.05) is 19.9 Å². The van der Waals surface area contributed by atoms with E-state index >= 15 is 0 Å². The van der Waals surface area contributed by atoms with Crippen molar-refractivity contribution in [2.24, 2.45) is 0 Å². The number of carbonyl (C=O) groups is 3. The van der Waals surface area contributed by atoms with E-state index in [9.17, 15) is 14.4 Å². The second-order valence-electron chi connectivity index (χ2n) is 7.08. The molecule has 2 aliphatic heterocycles. The van der Waals surface area contributed by atoms with Gasteiger partial charge in [0.1, 0.15) is 11.6 Å². The van der Waals surface area contributed by atoms with Gasteiger partial charge in [-0.15, -0.1) is 11.3 Å². The molecule has 0 radical (unpaired) electrons. The largest absolute Gasteiger partial charge is 0.455 e. The van der Waals surface area contributed by atoms with Crippen molar-refractivity contribution in [2.75, 3.05) is 11.9 Å². The van der Waals surface area contributed by atoms with E-state index in [1.54, 1.807) is 31.3 Å². The standard InChI is InChI=1S/C21H17N3O4S/c1-23-19(26)13-6-2-4-8-15(13)24-18(25)10-11-21(23,24)20(27)28-12-17-22-14-7-3-5-9-16(14)29-17/h2-9H,10-12H2,1H3/t21-/m1/s1. The first kappa shape index (κ1) is 17.8. The highest BCUT2D eigenvalue weighted by molar-refractivity contribution is 7.18. The van der Waals surface area contributed by atoms with E-state index in [4.69, 9.17) is 4.74 Å². The van der Waals surface area contributed by atoms with E-state index in [0.717, 1.165) is 10.2 Å². The predicted octanol–water partition coefficient (Wildman–Crippen LogP) is 2.95. The summed E-state index contributed by atoms with van der Waals surface area (Å²) in [6.07, 6.45) is 0.364. The number of carbonyl (C=O) groups excluding carboxylic acids is 3. The van der Waals surface area contributed by atoms with Crippen LogP contribution in [-0.4, -0.2) is 40.4 Å². The summed E-state index contributed by atoms with van der Waals surface area (Å²) in [7, 11) is 1.54. The Hall–Kier alpha value is -3.26. The number of anilines is 1. The molecule has 3 heterocycles. The molecule has 146 valence electrons. The molecule has 0 N–H and O–H groups in total. The molecule has 1 fully saturated rings. The fourth-order valence-electron chi connectivity index (χ4n) is 4.12. The maximum absolute atomic E-state index is 13.3. The minimum Gasteiger partial charge on any atom is -0.455 e. The Labute approximate surface area is 170 Å². The number of amides is 2. The molecule has 1 saturated heterocycles. The molecule has 8 heteroatoms. The monoisotopic (exact) mass is 407 g/mol. The Morgan fingerprint density at radius 2 is 1.93 bits per heavy atom. The van der Waals surface area contributed by atoms with Gasteiger partial charge >= 0.3 is 5.97 Å². The Balaban J connectivity index is 1.48. The number of ether oxygens (including phenoxy) is 1. The van der Waals surface area contributed by atoms with Crippen LogP contribution in [0.15, 0.2) is 48.5 Å². The third kappa shape index (κ3) is 2.49. The van der Waals surface area contributed by atoms with Crippen LogP contribution in [0.4, 0.5) is 5.69 Å². The minimum atomic E-state index is -1.46. The first-order valence-corrected chi connectivity index (χ1v) is 10.1. The van der Waals surface area contributed by atoms with E-state index in [1.165, 1.54) is 21.1 Å². The highest BCUT2D eigenvalue weighted by atomic mass is 32.1. The zero-order valence-electron chi connectivity index (χ0n) is 15.6. The molecule has 2 amide bonds. The second-order valence-corrected chi connectivity index (χ2v) is 8.19. The van der Waals surface area contributed by atoms with Crippen LogP contribution in [0.5, 0.6) is 0 Å². The van der Waals surface area contributed by atoms with Gasteiger partial charge in [0.25, 0.3) is 5.91 Å². The molecule has 0 aliphatic carbocycles. The molecule has 0 bridgehead atoms. The average Bonchev–Trinajstić information content (AvgIpc) is 3.32. The lowest BCUT2D eigenvalue weighted by molar-refractivity contribution is -0.157. The van der Waals surface area contributed by atoms with Crippen molar-refractivity contribution < 1.29 is 19.1 Å². The summed E-state index contributed by atoms with van der Waals surface area (Å²) in [5, 5.41) is 0.664. The third-order valence-electron chi connectivity index (χ3n) is 5.53. The quantitative estimate of drug-likeness (QED) is 0.624. The smallest absolute Gasteiger partial charge is 0.354 e. The number of esters is 1. The number of hydrogen-bond donors (Lipinski definition) is 0. The fraction of sp³-hybridized carbons (Fsp3) is 0.238. The molecule has 2 aliphatic rings. The highest BCUT2D eigenvalue weighted by Crippen LogP contribution is 2.44. The first-order chi connectivity index (χ1) is 14.0. The summed E-state index contributed by atoms with van der Waals surface area (Å²) in [5.74, 6) is -1.12. The van der Waals surface area contributed by atoms with E-state index in [2.05, 4.69) is 4.98 Å². The number of likely N-dealkylation sites (N-methyl/N-ethyl adjacent to an activating group) is 1. The lowest BCUT2D eigenvalue weighted by Gasteiger charge is -2.46. The Morgan fingerprint density at radius 3 is 2.76 bits per heavy atom. The van der Waals surface area contributed by atoms with E-state index < -0.39 is 11.6 Å². The van der Waals surface area contributed by atoms with Crippen molar-refractivity contribution in [2.45, 2.75) is 25.1 Å². The molecular formula is C21H17N3O4S. The summed E-state index contributed by atoms with van der Waals surface area (Å²) in [4.78, 5) is 46.1. The molecule has 3 aromatic rings. The number of para-hydroxylation sites is 2. The van der Waals surface area contributed by atoms with E-state index in [1.807, 2.05) is 24.3 Å². The van der Waals surface area contributed by atoms with Gasteiger partial charge < -0.3 is 9.64 Å². The molecular weight excluding hydrogens is 390 g/mol. The maximum Gasteiger partial charge on any atom is 0.354 e. The zero-order valence-corrected chi connectivity index (χ0v) is 16.4. The number of nitrogens with zero attached hydrogens (tertiary/aromatic N) is 3. The second kappa shape index (κ2) is 6.38. The van der Waals surface area contributed by atoms with Crippen molar-refractivity contribution in [3.05, 3.63) is 59.1 Å². The van der Waals surface area contributed by atoms with E-state index in [-0.39, 0.29) is 31.3 Å². The molecule has 2 aromatic carbocycles. The Morgan fingerprint density at radius 1 is 1.17 bits per heavy atom. The average molecular weight is 407 g/mol. The highest BCUT2D eigenvalue weighted by Gasteiger charge is 2.60. The van der Waals surface area contributed by atoms with Crippen molar-refractivity contribution in [1.82, 2.24) is 9.88 Å². The number of thiazole rings is 1. The zero-order chi connectivity index (χ0) is 20.2. The Bertz CT molecular complexity index is 1140. The minimum absolute atomic E-state index is 0.00830. The number of aromatic nitrogens is 1. The van der Waals surface area contributed by atoms with Gasteiger partial charge in [-0.2, -0.15) is 0 Å². The van der Waals surface area contributed by atoms with Crippen molar-refractivity contribution in [3.63, 3.8) is 0 Å². The van der Waals surface area contributed by atoms with Crippen molar-refractivity contribution in [3.8, 4) is 0 Å². The van der Waals surface area contributed by atoms with Gasteiger partial charge in [0.05, 0.1) is 21.5 Å². The summed E-state index contributed by atoms with van der Waals surface area (Å²) >= 11 is 1.45. The molecule has 0 unspecified atom stereocenters. The van der Waals surface area contributed by atoms with Crippen LogP contribution in [0.1, 0.15) is 28.2 Å². The fourth-order valence-corrected chi connectivity index (χ4v) is 5.00. The first-order valence-electron chi connectivity index (χ1n) is 9.24. The van der Waals surface area contributed by atoms with Crippen LogP contribution >= 0.6 is 11.3 Å². The molecule has 1 atom stereocenters. The van der Waals surface area contributed by atoms with Gasteiger partial charge in [0.15, 0.2) is 0 Å². The molecule has 0 spiro atoms.